The molecule has 0 aliphatic carbocycles. The third-order valence-electron chi connectivity index (χ3n) is 2.62. The Bertz CT molecular complexity index is 525. The molecule has 1 aromatic heterocycles. The van der Waals surface area contributed by atoms with Crippen LogP contribution in [0, 0.1) is 5.82 Å². The molecular formula is C14H13FN2O. The minimum absolute atomic E-state index is 0.194. The van der Waals surface area contributed by atoms with Gasteiger partial charge in [0.2, 0.25) is 0 Å². The number of hydrogen-bond donors (Lipinski definition) is 1. The monoisotopic (exact) mass is 244 g/mol. The van der Waals surface area contributed by atoms with Crippen molar-refractivity contribution in [3.63, 3.8) is 0 Å². The molecule has 0 unspecified atom stereocenters. The number of rotatable bonds is 3. The second kappa shape index (κ2) is 5.40. The summed E-state index contributed by atoms with van der Waals surface area (Å²) in [6, 6.07) is 11.0. The van der Waals surface area contributed by atoms with E-state index in [1.807, 2.05) is 6.92 Å². The van der Waals surface area contributed by atoms with Crippen molar-refractivity contribution >= 4 is 5.91 Å². The number of pyridine rings is 1. The van der Waals surface area contributed by atoms with Gasteiger partial charge in [-0.15, -0.1) is 0 Å². The number of benzene rings is 1. The van der Waals surface area contributed by atoms with Crippen LogP contribution in [-0.4, -0.2) is 10.9 Å². The number of amides is 1. The van der Waals surface area contributed by atoms with Gasteiger partial charge in [-0.1, -0.05) is 18.2 Å². The lowest BCUT2D eigenvalue weighted by molar-refractivity contribution is 0.0935. The van der Waals surface area contributed by atoms with E-state index >= 15 is 0 Å². The van der Waals surface area contributed by atoms with E-state index in [0.29, 0.717) is 5.69 Å². The third-order valence-corrected chi connectivity index (χ3v) is 2.62. The first-order valence-corrected chi connectivity index (χ1v) is 5.64. The molecule has 0 saturated heterocycles. The van der Waals surface area contributed by atoms with Gasteiger partial charge in [-0.3, -0.25) is 9.78 Å². The first-order valence-electron chi connectivity index (χ1n) is 5.64. The quantitative estimate of drug-likeness (QED) is 0.902. The topological polar surface area (TPSA) is 42.0 Å². The van der Waals surface area contributed by atoms with Crippen molar-refractivity contribution in [2.45, 2.75) is 13.0 Å². The second-order valence-corrected chi connectivity index (χ2v) is 3.96. The van der Waals surface area contributed by atoms with Gasteiger partial charge >= 0.3 is 0 Å². The van der Waals surface area contributed by atoms with E-state index in [0.717, 1.165) is 5.56 Å². The molecule has 1 amide bonds. The molecular weight excluding hydrogens is 231 g/mol. The molecule has 4 heteroatoms. The van der Waals surface area contributed by atoms with Crippen molar-refractivity contribution in [3.05, 3.63) is 65.7 Å². The molecule has 2 rings (SSSR count). The van der Waals surface area contributed by atoms with Gasteiger partial charge in [-0.05, 0) is 36.8 Å². The van der Waals surface area contributed by atoms with Crippen molar-refractivity contribution in [1.82, 2.24) is 10.3 Å². The van der Waals surface area contributed by atoms with Crippen molar-refractivity contribution in [3.8, 4) is 0 Å². The Morgan fingerprint density at radius 1 is 1.22 bits per heavy atom. The molecule has 0 aliphatic rings. The molecule has 18 heavy (non-hydrogen) atoms. The summed E-state index contributed by atoms with van der Waals surface area (Å²) in [5, 5.41) is 2.81. The summed E-state index contributed by atoms with van der Waals surface area (Å²) in [6.07, 6.45) is 1.57. The average Bonchev–Trinajstić information content (AvgIpc) is 2.40. The van der Waals surface area contributed by atoms with E-state index in [1.165, 1.54) is 12.1 Å². The summed E-state index contributed by atoms with van der Waals surface area (Å²) in [4.78, 5) is 15.8. The van der Waals surface area contributed by atoms with Gasteiger partial charge in [-0.25, -0.2) is 4.39 Å². The van der Waals surface area contributed by atoms with Crippen LogP contribution < -0.4 is 5.32 Å². The molecule has 1 heterocycles. The normalized spacial score (nSPS) is 11.9. The van der Waals surface area contributed by atoms with Gasteiger partial charge in [0.05, 0.1) is 6.04 Å². The second-order valence-electron chi connectivity index (χ2n) is 3.96. The van der Waals surface area contributed by atoms with Crippen LogP contribution in [0.1, 0.15) is 29.0 Å². The van der Waals surface area contributed by atoms with Crippen LogP contribution in [0.3, 0.4) is 0 Å². The minimum atomic E-state index is -0.290. The Hall–Kier alpha value is -2.23. The van der Waals surface area contributed by atoms with Crippen LogP contribution in [0.15, 0.2) is 48.7 Å². The van der Waals surface area contributed by atoms with Gasteiger partial charge in [0.15, 0.2) is 0 Å². The fourth-order valence-corrected chi connectivity index (χ4v) is 1.60. The van der Waals surface area contributed by atoms with Crippen LogP contribution in [0.2, 0.25) is 0 Å². The highest BCUT2D eigenvalue weighted by molar-refractivity contribution is 5.92. The fraction of sp³-hybridized carbons (Fsp3) is 0.143. The van der Waals surface area contributed by atoms with E-state index in [9.17, 15) is 9.18 Å². The van der Waals surface area contributed by atoms with Crippen LogP contribution in [0.25, 0.3) is 0 Å². The standard InChI is InChI=1S/C14H13FN2O/c1-10(11-5-7-12(15)8-6-11)17-14(18)13-4-2-3-9-16-13/h2-10H,1H3,(H,17,18)/t10-/m1/s1. The first kappa shape index (κ1) is 12.2. The lowest BCUT2D eigenvalue weighted by Gasteiger charge is -2.13. The summed E-state index contributed by atoms with van der Waals surface area (Å²) in [5.74, 6) is -0.533. The average molecular weight is 244 g/mol. The number of carbonyl (C=O) groups is 1. The van der Waals surface area contributed by atoms with Crippen molar-refractivity contribution in [2.75, 3.05) is 0 Å². The van der Waals surface area contributed by atoms with Crippen molar-refractivity contribution < 1.29 is 9.18 Å². The zero-order chi connectivity index (χ0) is 13.0. The summed E-state index contributed by atoms with van der Waals surface area (Å²) in [5.41, 5.74) is 1.21. The Morgan fingerprint density at radius 3 is 2.56 bits per heavy atom. The van der Waals surface area contributed by atoms with E-state index in [2.05, 4.69) is 10.3 Å². The highest BCUT2D eigenvalue weighted by atomic mass is 19.1. The molecule has 1 N–H and O–H groups in total. The Balaban J connectivity index is 2.06. The number of halogens is 1. The summed E-state index contributed by atoms with van der Waals surface area (Å²) in [6.45, 7) is 1.84. The zero-order valence-corrected chi connectivity index (χ0v) is 9.93. The highest BCUT2D eigenvalue weighted by Crippen LogP contribution is 2.13. The maximum absolute atomic E-state index is 12.8. The van der Waals surface area contributed by atoms with Crippen molar-refractivity contribution in [2.24, 2.45) is 0 Å². The maximum Gasteiger partial charge on any atom is 0.270 e. The number of nitrogens with zero attached hydrogens (tertiary/aromatic N) is 1. The van der Waals surface area contributed by atoms with E-state index in [-0.39, 0.29) is 17.8 Å². The summed E-state index contributed by atoms with van der Waals surface area (Å²) < 4.78 is 12.8. The lowest BCUT2D eigenvalue weighted by Crippen LogP contribution is -2.27. The summed E-state index contributed by atoms with van der Waals surface area (Å²) in [7, 11) is 0. The summed E-state index contributed by atoms with van der Waals surface area (Å²) >= 11 is 0. The predicted octanol–water partition coefficient (Wildman–Crippen LogP) is 2.71. The van der Waals surface area contributed by atoms with E-state index in [1.54, 1.807) is 36.5 Å². The number of hydrogen-bond acceptors (Lipinski definition) is 2. The van der Waals surface area contributed by atoms with Crippen LogP contribution in [0.4, 0.5) is 4.39 Å². The Labute approximate surface area is 105 Å². The predicted molar refractivity (Wildman–Crippen MR) is 66.5 cm³/mol. The molecule has 0 spiro atoms. The molecule has 0 aliphatic heterocycles. The fourth-order valence-electron chi connectivity index (χ4n) is 1.60. The molecule has 92 valence electrons. The minimum Gasteiger partial charge on any atom is -0.344 e. The molecule has 0 bridgehead atoms. The molecule has 1 atom stereocenters. The van der Waals surface area contributed by atoms with Gasteiger partial charge in [0.25, 0.3) is 5.91 Å². The zero-order valence-electron chi connectivity index (χ0n) is 9.93. The molecule has 2 aromatic rings. The Kier molecular flexibility index (Phi) is 3.67. The molecule has 0 saturated carbocycles. The number of carbonyl (C=O) groups excluding carboxylic acids is 1. The van der Waals surface area contributed by atoms with Crippen LogP contribution in [-0.2, 0) is 0 Å². The molecule has 0 fully saturated rings. The van der Waals surface area contributed by atoms with E-state index < -0.39 is 0 Å². The first-order chi connectivity index (χ1) is 8.66. The third kappa shape index (κ3) is 2.91. The van der Waals surface area contributed by atoms with Gasteiger partial charge in [0.1, 0.15) is 11.5 Å². The van der Waals surface area contributed by atoms with Crippen molar-refractivity contribution in [1.29, 1.82) is 0 Å². The van der Waals surface area contributed by atoms with Gasteiger partial charge in [-0.2, -0.15) is 0 Å². The highest BCUT2D eigenvalue weighted by Gasteiger charge is 2.11. The SMILES string of the molecule is C[C@@H](NC(=O)c1ccccn1)c1ccc(F)cc1. The molecule has 0 radical (unpaired) electrons. The molecule has 1 aromatic carbocycles. The maximum atomic E-state index is 12.8. The van der Waals surface area contributed by atoms with Gasteiger partial charge < -0.3 is 5.32 Å². The van der Waals surface area contributed by atoms with Gasteiger partial charge in [0, 0.05) is 6.20 Å². The number of nitrogens with one attached hydrogen (secondary N) is 1. The molecule has 3 nitrogen and oxygen atoms in total. The lowest BCUT2D eigenvalue weighted by atomic mass is 10.1. The Morgan fingerprint density at radius 2 is 1.94 bits per heavy atom. The van der Waals surface area contributed by atoms with E-state index in [4.69, 9.17) is 0 Å². The van der Waals surface area contributed by atoms with Crippen LogP contribution >= 0.6 is 0 Å². The number of aromatic nitrogens is 1. The smallest absolute Gasteiger partial charge is 0.270 e. The van der Waals surface area contributed by atoms with Crippen LogP contribution in [0.5, 0.6) is 0 Å². The largest absolute Gasteiger partial charge is 0.344 e.